The molecule has 1 atom stereocenters. The molecule has 1 unspecified atom stereocenters. The Morgan fingerprint density at radius 3 is 2.79 bits per heavy atom. The predicted octanol–water partition coefficient (Wildman–Crippen LogP) is 4.47. The highest BCUT2D eigenvalue weighted by Gasteiger charge is 2.28. The number of rotatable bonds is 6. The molecular weight excluding hydrogens is 453 g/mol. The third kappa shape index (κ3) is 4.35. The van der Waals surface area contributed by atoms with Crippen LogP contribution in [0.2, 0.25) is 0 Å². The van der Waals surface area contributed by atoms with E-state index in [1.54, 1.807) is 36.6 Å². The summed E-state index contributed by atoms with van der Waals surface area (Å²) in [6.45, 7) is 3.62. The average molecular weight is 480 g/mol. The van der Waals surface area contributed by atoms with E-state index < -0.39 is 0 Å². The largest absolute Gasteiger partial charge is 0.497 e. The van der Waals surface area contributed by atoms with Crippen molar-refractivity contribution in [3.63, 3.8) is 0 Å². The quantitative estimate of drug-likeness (QED) is 0.442. The third-order valence-electron chi connectivity index (χ3n) is 6.17. The van der Waals surface area contributed by atoms with Crippen LogP contribution in [-0.4, -0.2) is 40.9 Å². The topological polar surface area (TPSA) is 72.3 Å². The van der Waals surface area contributed by atoms with Crippen molar-refractivity contribution in [2.24, 2.45) is 5.92 Å². The Morgan fingerprint density at radius 2 is 2.03 bits per heavy atom. The first-order valence-electron chi connectivity index (χ1n) is 11.3. The van der Waals surface area contributed by atoms with Crippen molar-refractivity contribution in [2.45, 2.75) is 26.3 Å². The smallest absolute Gasteiger partial charge is 0.225 e. The summed E-state index contributed by atoms with van der Waals surface area (Å²) in [6, 6.07) is 14.2. The third-order valence-corrected chi connectivity index (χ3v) is 7.38. The van der Waals surface area contributed by atoms with E-state index in [0.29, 0.717) is 12.1 Å². The van der Waals surface area contributed by atoms with Crippen molar-refractivity contribution in [2.75, 3.05) is 25.1 Å². The zero-order valence-electron chi connectivity index (χ0n) is 19.1. The van der Waals surface area contributed by atoms with Crippen LogP contribution in [0.25, 0.3) is 16.0 Å². The number of hydrogen-bond donors (Lipinski definition) is 1. The lowest BCUT2D eigenvalue weighted by atomic mass is 9.97. The van der Waals surface area contributed by atoms with Crippen molar-refractivity contribution in [1.82, 2.24) is 20.1 Å². The molecule has 4 aromatic rings. The summed E-state index contributed by atoms with van der Waals surface area (Å²) in [5.41, 5.74) is 3.15. The Balaban J connectivity index is 1.32. The molecule has 1 N–H and O–H groups in total. The van der Waals surface area contributed by atoms with Crippen molar-refractivity contribution >= 4 is 32.7 Å². The summed E-state index contributed by atoms with van der Waals surface area (Å²) >= 11 is 1.61. The first-order valence-corrected chi connectivity index (χ1v) is 12.1. The zero-order valence-corrected chi connectivity index (χ0v) is 19.9. The number of nitrogens with one attached hydrogen (secondary N) is 1. The number of thiazole rings is 1. The van der Waals surface area contributed by atoms with E-state index in [2.05, 4.69) is 15.3 Å². The fourth-order valence-electron chi connectivity index (χ4n) is 4.30. The Kier molecular flexibility index (Phi) is 6.19. The molecule has 34 heavy (non-hydrogen) atoms. The summed E-state index contributed by atoms with van der Waals surface area (Å²) in [5.74, 6) is 0.278. The van der Waals surface area contributed by atoms with Crippen LogP contribution in [-0.2, 0) is 11.3 Å². The van der Waals surface area contributed by atoms with E-state index in [9.17, 15) is 9.18 Å². The Hall–Kier alpha value is -3.46. The van der Waals surface area contributed by atoms with E-state index in [0.717, 1.165) is 52.0 Å². The Morgan fingerprint density at radius 1 is 1.24 bits per heavy atom. The highest BCUT2D eigenvalue weighted by Crippen LogP contribution is 2.34. The number of anilines is 1. The standard InChI is InChI=1S/C25H26FN5O2S/c1-16-22-23(31(29-16)19-9-11-20(33-2)12-10-19)28-25(34-22)30-13-5-7-18(15-30)24(32)27-14-17-6-3-4-8-21(17)26/h3-4,6,8-12,18H,5,7,13-15H2,1-2H3,(H,27,32). The minimum absolute atomic E-state index is 0.0466. The number of carbonyl (C=O) groups is 1. The molecule has 3 heterocycles. The van der Waals surface area contributed by atoms with E-state index in [1.807, 2.05) is 35.9 Å². The van der Waals surface area contributed by atoms with Gasteiger partial charge in [0.25, 0.3) is 0 Å². The van der Waals surface area contributed by atoms with Crippen LogP contribution in [0.5, 0.6) is 5.75 Å². The molecule has 176 valence electrons. The van der Waals surface area contributed by atoms with Crippen LogP contribution in [0.15, 0.2) is 48.5 Å². The average Bonchev–Trinajstić information content (AvgIpc) is 3.44. The molecule has 1 amide bonds. The highest BCUT2D eigenvalue weighted by molar-refractivity contribution is 7.22. The minimum Gasteiger partial charge on any atom is -0.497 e. The van der Waals surface area contributed by atoms with Gasteiger partial charge in [-0.15, -0.1) is 0 Å². The summed E-state index contributed by atoms with van der Waals surface area (Å²) in [4.78, 5) is 19.9. The van der Waals surface area contributed by atoms with Gasteiger partial charge in [0.2, 0.25) is 5.91 Å². The van der Waals surface area contributed by atoms with Gasteiger partial charge < -0.3 is 15.0 Å². The zero-order chi connectivity index (χ0) is 23.7. The van der Waals surface area contributed by atoms with Crippen molar-refractivity contribution in [1.29, 1.82) is 0 Å². The predicted molar refractivity (Wildman–Crippen MR) is 131 cm³/mol. The number of hydrogen-bond acceptors (Lipinski definition) is 6. The molecule has 0 bridgehead atoms. The molecule has 0 radical (unpaired) electrons. The van der Waals surface area contributed by atoms with Crippen molar-refractivity contribution < 1.29 is 13.9 Å². The molecule has 0 aliphatic carbocycles. The fourth-order valence-corrected chi connectivity index (χ4v) is 5.32. The Bertz CT molecular complexity index is 1320. The molecule has 1 aliphatic rings. The van der Waals surface area contributed by atoms with Gasteiger partial charge in [-0.3, -0.25) is 4.79 Å². The van der Waals surface area contributed by atoms with Crippen molar-refractivity contribution in [3.05, 3.63) is 65.6 Å². The van der Waals surface area contributed by atoms with Gasteiger partial charge in [0.1, 0.15) is 11.6 Å². The van der Waals surface area contributed by atoms with Gasteiger partial charge in [-0.1, -0.05) is 29.5 Å². The number of amides is 1. The molecule has 1 aliphatic heterocycles. The number of piperidine rings is 1. The normalized spacial score (nSPS) is 16.1. The van der Waals surface area contributed by atoms with Gasteiger partial charge >= 0.3 is 0 Å². The summed E-state index contributed by atoms with van der Waals surface area (Å²) in [5, 5.41) is 8.47. The van der Waals surface area contributed by atoms with Gasteiger partial charge in [-0.2, -0.15) is 10.1 Å². The van der Waals surface area contributed by atoms with E-state index in [1.165, 1.54) is 6.07 Å². The number of ether oxygens (including phenoxy) is 1. The molecule has 2 aromatic carbocycles. The second-order valence-corrected chi connectivity index (χ2v) is 9.42. The molecule has 1 fully saturated rings. The van der Waals surface area contributed by atoms with Gasteiger partial charge in [0.05, 0.1) is 29.1 Å². The van der Waals surface area contributed by atoms with Gasteiger partial charge in [0.15, 0.2) is 10.8 Å². The SMILES string of the molecule is COc1ccc(-n2nc(C)c3sc(N4CCCC(C(=O)NCc5ccccc5F)C4)nc32)cc1. The number of methoxy groups -OCH3 is 1. The van der Waals surface area contributed by atoms with Crippen LogP contribution in [0, 0.1) is 18.7 Å². The molecule has 1 saturated heterocycles. The van der Waals surface area contributed by atoms with Crippen LogP contribution >= 0.6 is 11.3 Å². The van der Waals surface area contributed by atoms with Crippen LogP contribution < -0.4 is 15.0 Å². The second kappa shape index (κ2) is 9.42. The summed E-state index contributed by atoms with van der Waals surface area (Å²) in [6.07, 6.45) is 1.71. The number of benzene rings is 2. The van der Waals surface area contributed by atoms with Crippen LogP contribution in [0.4, 0.5) is 9.52 Å². The first-order chi connectivity index (χ1) is 16.5. The number of nitrogens with zero attached hydrogens (tertiary/aromatic N) is 4. The van der Waals surface area contributed by atoms with E-state index in [4.69, 9.17) is 9.72 Å². The maximum atomic E-state index is 13.9. The molecule has 9 heteroatoms. The first kappa shape index (κ1) is 22.3. The van der Waals surface area contributed by atoms with Crippen molar-refractivity contribution in [3.8, 4) is 11.4 Å². The van der Waals surface area contributed by atoms with E-state index >= 15 is 0 Å². The number of carbonyl (C=O) groups excluding carboxylic acids is 1. The van der Waals surface area contributed by atoms with Gasteiger partial charge in [-0.05, 0) is 50.1 Å². The lowest BCUT2D eigenvalue weighted by Crippen LogP contribution is -2.43. The molecule has 5 rings (SSSR count). The minimum atomic E-state index is -0.302. The van der Waals surface area contributed by atoms with E-state index in [-0.39, 0.29) is 24.2 Å². The molecular formula is C25H26FN5O2S. The number of aromatic nitrogens is 3. The van der Waals surface area contributed by atoms with Crippen LogP contribution in [0.3, 0.4) is 0 Å². The number of aryl methyl sites for hydroxylation is 1. The van der Waals surface area contributed by atoms with Crippen LogP contribution in [0.1, 0.15) is 24.1 Å². The highest BCUT2D eigenvalue weighted by atomic mass is 32.1. The maximum absolute atomic E-state index is 13.9. The molecule has 0 saturated carbocycles. The Labute approximate surface area is 201 Å². The molecule has 0 spiro atoms. The molecule has 2 aromatic heterocycles. The monoisotopic (exact) mass is 479 g/mol. The molecule has 7 nitrogen and oxygen atoms in total. The lowest BCUT2D eigenvalue weighted by molar-refractivity contribution is -0.125. The number of fused-ring (bicyclic) bond motifs is 1. The second-order valence-electron chi connectivity index (χ2n) is 8.44. The summed E-state index contributed by atoms with van der Waals surface area (Å²) < 4.78 is 22.0. The van der Waals surface area contributed by atoms with Gasteiger partial charge in [0, 0.05) is 25.2 Å². The number of halogens is 1. The lowest BCUT2D eigenvalue weighted by Gasteiger charge is -2.31. The summed E-state index contributed by atoms with van der Waals surface area (Å²) in [7, 11) is 1.64. The maximum Gasteiger partial charge on any atom is 0.225 e. The van der Waals surface area contributed by atoms with Gasteiger partial charge in [-0.25, -0.2) is 9.07 Å². The fraction of sp³-hybridized carbons (Fsp3) is 0.320.